The smallest absolute Gasteiger partial charge is 0.221 e. The highest BCUT2D eigenvalue weighted by Gasteiger charge is 2.11. The van der Waals surface area contributed by atoms with Gasteiger partial charge in [0.05, 0.1) is 18.5 Å². The molecule has 0 radical (unpaired) electrons. The van der Waals surface area contributed by atoms with E-state index in [4.69, 9.17) is 10.5 Å². The third-order valence-electron chi connectivity index (χ3n) is 3.36. The van der Waals surface area contributed by atoms with Crippen LogP contribution in [0.15, 0.2) is 53.0 Å². The molecule has 0 bridgehead atoms. The molecule has 0 aliphatic heterocycles. The number of rotatable bonds is 3. The average Bonchev–Trinajstić information content (AvgIpc) is 2.56. The third-order valence-corrected chi connectivity index (χ3v) is 3.86. The Hall–Kier alpha value is -2.60. The number of nitrogen functional groups attached to an aromatic ring is 1. The molecule has 0 aliphatic carbocycles. The molecular weight excluding hydrogens is 358 g/mol. The van der Waals surface area contributed by atoms with Crippen molar-refractivity contribution in [2.45, 2.75) is 0 Å². The van der Waals surface area contributed by atoms with Gasteiger partial charge in [0, 0.05) is 15.6 Å². The molecule has 1 aromatic heterocycles. The minimum Gasteiger partial charge on any atom is -0.507 e. The van der Waals surface area contributed by atoms with Crippen molar-refractivity contribution >= 4 is 21.9 Å². The molecule has 116 valence electrons. The van der Waals surface area contributed by atoms with Gasteiger partial charge in [0.15, 0.2) is 0 Å². The lowest BCUT2D eigenvalue weighted by atomic mass is 10.1. The second kappa shape index (κ2) is 6.26. The Labute approximate surface area is 141 Å². The van der Waals surface area contributed by atoms with E-state index in [0.29, 0.717) is 17.0 Å². The zero-order valence-corrected chi connectivity index (χ0v) is 13.9. The summed E-state index contributed by atoms with van der Waals surface area (Å²) in [5.41, 5.74) is 8.54. The molecule has 0 saturated carbocycles. The number of methoxy groups -OCH3 is 1. The zero-order chi connectivity index (χ0) is 16.4. The van der Waals surface area contributed by atoms with E-state index in [1.54, 1.807) is 31.4 Å². The Kier molecular flexibility index (Phi) is 4.16. The Bertz CT molecular complexity index is 851. The summed E-state index contributed by atoms with van der Waals surface area (Å²) in [5, 5.41) is 10.1. The van der Waals surface area contributed by atoms with Crippen LogP contribution in [-0.2, 0) is 0 Å². The predicted molar refractivity (Wildman–Crippen MR) is 93.2 cm³/mol. The van der Waals surface area contributed by atoms with E-state index in [1.165, 1.54) is 0 Å². The Balaban J connectivity index is 2.10. The number of hydrogen-bond donors (Lipinski definition) is 2. The van der Waals surface area contributed by atoms with Crippen molar-refractivity contribution in [2.75, 3.05) is 12.8 Å². The van der Waals surface area contributed by atoms with E-state index in [2.05, 4.69) is 25.9 Å². The van der Waals surface area contributed by atoms with Crippen LogP contribution in [0.1, 0.15) is 0 Å². The molecular formula is C17H14BrN3O2. The highest BCUT2D eigenvalue weighted by atomic mass is 79.9. The van der Waals surface area contributed by atoms with Crippen LogP contribution >= 0.6 is 15.9 Å². The van der Waals surface area contributed by atoms with Crippen LogP contribution in [0.4, 0.5) is 5.95 Å². The van der Waals surface area contributed by atoms with E-state index >= 15 is 0 Å². The Morgan fingerprint density at radius 3 is 2.39 bits per heavy atom. The van der Waals surface area contributed by atoms with E-state index in [9.17, 15) is 5.11 Å². The quantitative estimate of drug-likeness (QED) is 0.730. The van der Waals surface area contributed by atoms with Crippen molar-refractivity contribution in [2.24, 2.45) is 0 Å². The maximum absolute atomic E-state index is 10.1. The van der Waals surface area contributed by atoms with Gasteiger partial charge in [-0.1, -0.05) is 15.9 Å². The summed E-state index contributed by atoms with van der Waals surface area (Å²) in [6.07, 6.45) is 0. The molecule has 0 unspecified atom stereocenters. The molecule has 0 fully saturated rings. The van der Waals surface area contributed by atoms with Crippen LogP contribution < -0.4 is 10.5 Å². The topological polar surface area (TPSA) is 81.3 Å². The number of phenols is 1. The molecule has 0 aliphatic rings. The van der Waals surface area contributed by atoms with Crippen molar-refractivity contribution in [1.82, 2.24) is 9.97 Å². The van der Waals surface area contributed by atoms with Gasteiger partial charge in [0.25, 0.3) is 0 Å². The standard InChI is InChI=1S/C17H14BrN3O2/c1-23-12-5-2-10(3-6-12)14-9-15(21-17(19)20-14)13-8-11(18)4-7-16(13)22/h2-9,22H,1H3,(H2,19,20,21). The molecule has 2 aromatic carbocycles. The summed E-state index contributed by atoms with van der Waals surface area (Å²) < 4.78 is 6.00. The summed E-state index contributed by atoms with van der Waals surface area (Å²) in [6, 6.07) is 14.4. The van der Waals surface area contributed by atoms with E-state index in [1.807, 2.05) is 24.3 Å². The fourth-order valence-corrected chi connectivity index (χ4v) is 2.59. The third kappa shape index (κ3) is 3.27. The van der Waals surface area contributed by atoms with Gasteiger partial charge < -0.3 is 15.6 Å². The monoisotopic (exact) mass is 371 g/mol. The first kappa shape index (κ1) is 15.3. The number of aromatic hydroxyl groups is 1. The normalized spacial score (nSPS) is 10.5. The summed E-state index contributed by atoms with van der Waals surface area (Å²) >= 11 is 3.39. The van der Waals surface area contributed by atoms with Crippen molar-refractivity contribution < 1.29 is 9.84 Å². The first-order valence-electron chi connectivity index (χ1n) is 6.84. The van der Waals surface area contributed by atoms with Gasteiger partial charge >= 0.3 is 0 Å². The van der Waals surface area contributed by atoms with Crippen LogP contribution in [0.2, 0.25) is 0 Å². The molecule has 6 heteroatoms. The molecule has 5 nitrogen and oxygen atoms in total. The molecule has 3 rings (SSSR count). The predicted octanol–water partition coefficient (Wildman–Crippen LogP) is 3.87. The number of aromatic nitrogens is 2. The highest BCUT2D eigenvalue weighted by Crippen LogP contribution is 2.33. The molecule has 0 atom stereocenters. The number of nitrogens with zero attached hydrogens (tertiary/aromatic N) is 2. The molecule has 3 aromatic rings. The van der Waals surface area contributed by atoms with Gasteiger partial charge in [-0.3, -0.25) is 0 Å². The van der Waals surface area contributed by atoms with Gasteiger partial charge in [0.1, 0.15) is 11.5 Å². The second-order valence-electron chi connectivity index (χ2n) is 4.89. The lowest BCUT2D eigenvalue weighted by molar-refractivity contribution is 0.415. The summed E-state index contributed by atoms with van der Waals surface area (Å²) in [7, 11) is 1.62. The lowest BCUT2D eigenvalue weighted by Gasteiger charge is -2.09. The van der Waals surface area contributed by atoms with Crippen LogP contribution in [0, 0.1) is 0 Å². The van der Waals surface area contributed by atoms with Crippen molar-refractivity contribution in [1.29, 1.82) is 0 Å². The van der Waals surface area contributed by atoms with Gasteiger partial charge in [-0.25, -0.2) is 9.97 Å². The van der Waals surface area contributed by atoms with E-state index < -0.39 is 0 Å². The Morgan fingerprint density at radius 2 is 1.70 bits per heavy atom. The fourth-order valence-electron chi connectivity index (χ4n) is 2.23. The van der Waals surface area contributed by atoms with Crippen molar-refractivity contribution in [3.63, 3.8) is 0 Å². The van der Waals surface area contributed by atoms with Gasteiger partial charge in [0.2, 0.25) is 5.95 Å². The van der Waals surface area contributed by atoms with Gasteiger partial charge in [-0.15, -0.1) is 0 Å². The molecule has 0 saturated heterocycles. The van der Waals surface area contributed by atoms with Gasteiger partial charge in [-0.2, -0.15) is 0 Å². The van der Waals surface area contributed by atoms with Crippen LogP contribution in [0.25, 0.3) is 22.5 Å². The maximum Gasteiger partial charge on any atom is 0.221 e. The van der Waals surface area contributed by atoms with Crippen LogP contribution in [0.5, 0.6) is 11.5 Å². The number of ether oxygens (including phenoxy) is 1. The molecule has 0 spiro atoms. The SMILES string of the molecule is COc1ccc(-c2cc(-c3cc(Br)ccc3O)nc(N)n2)cc1. The molecule has 1 heterocycles. The van der Waals surface area contributed by atoms with E-state index in [-0.39, 0.29) is 11.7 Å². The zero-order valence-electron chi connectivity index (χ0n) is 12.3. The fraction of sp³-hybridized carbons (Fsp3) is 0.0588. The number of nitrogens with two attached hydrogens (primary N) is 1. The highest BCUT2D eigenvalue weighted by molar-refractivity contribution is 9.10. The van der Waals surface area contributed by atoms with Gasteiger partial charge in [-0.05, 0) is 48.5 Å². The lowest BCUT2D eigenvalue weighted by Crippen LogP contribution is -1.99. The minimum atomic E-state index is 0.131. The number of benzene rings is 2. The first-order valence-corrected chi connectivity index (χ1v) is 7.64. The summed E-state index contributed by atoms with van der Waals surface area (Å²) in [6.45, 7) is 0. The number of anilines is 1. The minimum absolute atomic E-state index is 0.131. The van der Waals surface area contributed by atoms with Crippen LogP contribution in [0.3, 0.4) is 0 Å². The first-order chi connectivity index (χ1) is 11.1. The summed E-state index contributed by atoms with van der Waals surface area (Å²) in [5.74, 6) is 1.04. The van der Waals surface area contributed by atoms with E-state index in [0.717, 1.165) is 15.8 Å². The largest absolute Gasteiger partial charge is 0.507 e. The summed E-state index contributed by atoms with van der Waals surface area (Å²) in [4.78, 5) is 8.50. The molecule has 23 heavy (non-hydrogen) atoms. The van der Waals surface area contributed by atoms with Crippen molar-refractivity contribution in [3.8, 4) is 34.0 Å². The Morgan fingerprint density at radius 1 is 1.00 bits per heavy atom. The maximum atomic E-state index is 10.1. The number of hydrogen-bond acceptors (Lipinski definition) is 5. The number of phenolic OH excluding ortho intramolecular Hbond substituents is 1. The van der Waals surface area contributed by atoms with Crippen molar-refractivity contribution in [3.05, 3.63) is 53.0 Å². The second-order valence-corrected chi connectivity index (χ2v) is 5.80. The average molecular weight is 372 g/mol. The van der Waals surface area contributed by atoms with Crippen LogP contribution in [-0.4, -0.2) is 22.2 Å². The molecule has 0 amide bonds. The number of halogens is 1. The molecule has 3 N–H and O–H groups in total.